The van der Waals surface area contributed by atoms with E-state index < -0.39 is 23.4 Å². The van der Waals surface area contributed by atoms with E-state index in [-0.39, 0.29) is 5.71 Å². The number of esters is 1. The molecule has 172 valence electrons. The van der Waals surface area contributed by atoms with Crippen LogP contribution >= 0.6 is 11.8 Å². The molecule has 0 saturated heterocycles. The monoisotopic (exact) mass is 464 g/mol. The lowest BCUT2D eigenvalue weighted by atomic mass is 10.1. The van der Waals surface area contributed by atoms with Crippen LogP contribution < -0.4 is 15.8 Å². The Morgan fingerprint density at radius 3 is 2.61 bits per heavy atom. The summed E-state index contributed by atoms with van der Waals surface area (Å²) in [4.78, 5) is 29.2. The van der Waals surface area contributed by atoms with E-state index in [9.17, 15) is 14.7 Å². The number of hydrogen-bond donors (Lipinski definition) is 2. The molecule has 2 aromatic carbocycles. The fraction of sp³-hybridized carbons (Fsp3) is 0.269. The predicted octanol–water partition coefficient (Wildman–Crippen LogP) is 2.51. The molecule has 0 aliphatic carbocycles. The van der Waals surface area contributed by atoms with Crippen molar-refractivity contribution in [3.8, 4) is 0 Å². The molecular formula is C26H28N2O4S. The second-order valence-electron chi connectivity index (χ2n) is 7.60. The van der Waals surface area contributed by atoms with Gasteiger partial charge in [-0.3, -0.25) is 15.1 Å². The molecule has 6 nitrogen and oxygen atoms in total. The number of aliphatic carboxylic acids is 1. The van der Waals surface area contributed by atoms with Gasteiger partial charge in [0.1, 0.15) is 17.1 Å². The lowest BCUT2D eigenvalue weighted by Crippen LogP contribution is -2.46. The minimum atomic E-state index is -1.11. The molecule has 7 heteroatoms. The quantitative estimate of drug-likeness (QED) is 0.555. The van der Waals surface area contributed by atoms with Crippen LogP contribution in [0.1, 0.15) is 18.9 Å². The van der Waals surface area contributed by atoms with Crippen molar-refractivity contribution in [2.45, 2.75) is 31.3 Å². The first kappa shape index (κ1) is 24.5. The molecule has 1 aliphatic rings. The first-order chi connectivity index (χ1) is 16.0. The van der Waals surface area contributed by atoms with Crippen molar-refractivity contribution in [1.29, 1.82) is 0 Å². The highest BCUT2D eigenvalue weighted by Crippen LogP contribution is 2.27. The van der Waals surface area contributed by atoms with E-state index >= 15 is 0 Å². The minimum Gasteiger partial charge on any atom is -0.477 e. The molecule has 1 aliphatic heterocycles. The molecular weight excluding hydrogens is 436 g/mol. The highest BCUT2D eigenvalue weighted by molar-refractivity contribution is 8.00. The summed E-state index contributed by atoms with van der Waals surface area (Å²) >= 11 is 1.42. The summed E-state index contributed by atoms with van der Waals surface area (Å²) in [5.41, 5.74) is 1.59. The molecule has 0 fully saturated rings. The van der Waals surface area contributed by atoms with E-state index in [4.69, 9.17) is 4.74 Å². The van der Waals surface area contributed by atoms with E-state index in [1.54, 1.807) is 6.08 Å². The average molecular weight is 465 g/mol. The molecule has 0 aromatic heterocycles. The van der Waals surface area contributed by atoms with Gasteiger partial charge in [-0.05, 0) is 28.0 Å². The van der Waals surface area contributed by atoms with Crippen molar-refractivity contribution < 1.29 is 19.4 Å². The Labute approximate surface area is 197 Å². The highest BCUT2D eigenvalue weighted by Gasteiger charge is 2.34. The van der Waals surface area contributed by atoms with E-state index in [2.05, 4.69) is 16.9 Å². The van der Waals surface area contributed by atoms with Crippen molar-refractivity contribution in [1.82, 2.24) is 5.32 Å². The van der Waals surface area contributed by atoms with Crippen LogP contribution in [0.15, 0.2) is 71.2 Å². The Hall–Kier alpha value is -3.16. The van der Waals surface area contributed by atoms with Gasteiger partial charge in [0, 0.05) is 12.3 Å². The number of aliphatic imine (C=N–C) groups is 1. The fourth-order valence-electron chi connectivity index (χ4n) is 3.22. The first-order valence-corrected chi connectivity index (χ1v) is 11.9. The zero-order valence-electron chi connectivity index (χ0n) is 18.6. The van der Waals surface area contributed by atoms with Crippen LogP contribution in [0, 0.1) is 0 Å². The Kier molecular flexibility index (Phi) is 9.04. The van der Waals surface area contributed by atoms with Crippen LogP contribution in [0.2, 0.25) is 0 Å². The van der Waals surface area contributed by atoms with E-state index in [0.29, 0.717) is 30.9 Å². The van der Waals surface area contributed by atoms with Gasteiger partial charge in [0.05, 0.1) is 6.61 Å². The van der Waals surface area contributed by atoms with E-state index in [0.717, 1.165) is 16.0 Å². The molecule has 0 spiro atoms. The topological polar surface area (TPSA) is 88.0 Å². The van der Waals surface area contributed by atoms with Gasteiger partial charge >= 0.3 is 11.9 Å². The van der Waals surface area contributed by atoms with Crippen molar-refractivity contribution in [2.24, 2.45) is 4.99 Å². The van der Waals surface area contributed by atoms with Crippen LogP contribution in [-0.4, -0.2) is 46.5 Å². The van der Waals surface area contributed by atoms with Crippen LogP contribution in [0.3, 0.4) is 0 Å². The maximum absolute atomic E-state index is 12.8. The summed E-state index contributed by atoms with van der Waals surface area (Å²) in [7, 11) is 0. The second kappa shape index (κ2) is 12.2. The van der Waals surface area contributed by atoms with Crippen molar-refractivity contribution in [3.05, 3.63) is 82.2 Å². The number of benzene rings is 2. The SMILES string of the molecule is C=c1ccc(=C/C=C2\CSC(C(NCc3ccccc3)C(=O)OCCC)N=C2C(=O)O)cc1. The van der Waals surface area contributed by atoms with Gasteiger partial charge in [-0.2, -0.15) is 0 Å². The maximum atomic E-state index is 12.8. The number of thioether (sulfide) groups is 1. The van der Waals surface area contributed by atoms with Gasteiger partial charge in [-0.15, -0.1) is 11.8 Å². The second-order valence-corrected chi connectivity index (χ2v) is 8.70. The number of carbonyl (C=O) groups excluding carboxylic acids is 1. The fourth-order valence-corrected chi connectivity index (χ4v) is 4.39. The van der Waals surface area contributed by atoms with E-state index in [1.807, 2.05) is 67.6 Å². The molecule has 2 unspecified atom stereocenters. The van der Waals surface area contributed by atoms with E-state index in [1.165, 1.54) is 11.8 Å². The Balaban J connectivity index is 1.85. The van der Waals surface area contributed by atoms with Crippen molar-refractivity contribution in [3.63, 3.8) is 0 Å². The van der Waals surface area contributed by atoms with Gasteiger partial charge in [0.2, 0.25) is 0 Å². The minimum absolute atomic E-state index is 0.0291. The number of nitrogens with one attached hydrogen (secondary N) is 1. The molecule has 0 saturated carbocycles. The standard InChI is InChI=1S/C26H28N2O4S/c1-3-15-32-26(31)23(27-16-20-7-5-4-6-8-20)24-28-22(25(29)30)21(17-33-24)14-13-19-11-9-18(2)10-12-19/h4-14,23-24,27H,2-3,15-17H2,1H3,(H,29,30)/b21-14+. The Bertz CT molecular complexity index is 1120. The lowest BCUT2D eigenvalue weighted by molar-refractivity contribution is -0.146. The van der Waals surface area contributed by atoms with Crippen molar-refractivity contribution >= 4 is 42.1 Å². The smallest absolute Gasteiger partial charge is 0.354 e. The highest BCUT2D eigenvalue weighted by atomic mass is 32.2. The van der Waals surface area contributed by atoms with Crippen LogP contribution in [0.5, 0.6) is 0 Å². The summed E-state index contributed by atoms with van der Waals surface area (Å²) in [5, 5.41) is 14.3. The summed E-state index contributed by atoms with van der Waals surface area (Å²) < 4.78 is 5.38. The van der Waals surface area contributed by atoms with Gasteiger partial charge < -0.3 is 9.84 Å². The molecule has 33 heavy (non-hydrogen) atoms. The number of hydrogen-bond acceptors (Lipinski definition) is 6. The third-order valence-electron chi connectivity index (χ3n) is 4.99. The number of carbonyl (C=O) groups is 2. The molecule has 0 bridgehead atoms. The number of nitrogens with zero attached hydrogens (tertiary/aromatic N) is 1. The molecule has 2 N–H and O–H groups in total. The van der Waals surface area contributed by atoms with Gasteiger partial charge in [0.25, 0.3) is 0 Å². The van der Waals surface area contributed by atoms with Crippen LogP contribution in [0.25, 0.3) is 12.7 Å². The molecule has 2 aromatic rings. The third kappa shape index (κ3) is 7.17. The molecule has 1 heterocycles. The average Bonchev–Trinajstić information content (AvgIpc) is 2.83. The summed E-state index contributed by atoms with van der Waals surface area (Å²) in [6.07, 6.45) is 4.33. The summed E-state index contributed by atoms with van der Waals surface area (Å²) in [6.45, 7) is 6.54. The number of allylic oxidation sites excluding steroid dienone is 1. The van der Waals surface area contributed by atoms with Crippen LogP contribution in [0.4, 0.5) is 0 Å². The van der Waals surface area contributed by atoms with Crippen molar-refractivity contribution in [2.75, 3.05) is 12.4 Å². The predicted molar refractivity (Wildman–Crippen MR) is 133 cm³/mol. The molecule has 2 atom stereocenters. The summed E-state index contributed by atoms with van der Waals surface area (Å²) in [5.74, 6) is -1.12. The third-order valence-corrected chi connectivity index (χ3v) is 6.18. The summed E-state index contributed by atoms with van der Waals surface area (Å²) in [6, 6.07) is 16.6. The van der Waals surface area contributed by atoms with Gasteiger partial charge in [-0.25, -0.2) is 4.79 Å². The van der Waals surface area contributed by atoms with Gasteiger partial charge in [-0.1, -0.05) is 80.3 Å². The normalized spacial score (nSPS) is 17.8. The number of ether oxygens (including phenoxy) is 1. The van der Waals surface area contributed by atoms with Crippen LogP contribution in [-0.2, 0) is 20.9 Å². The maximum Gasteiger partial charge on any atom is 0.354 e. The zero-order chi connectivity index (χ0) is 23.6. The van der Waals surface area contributed by atoms with Gasteiger partial charge in [0.15, 0.2) is 0 Å². The largest absolute Gasteiger partial charge is 0.477 e. The number of carboxylic acids is 1. The molecule has 3 rings (SSSR count). The molecule has 0 amide bonds. The first-order valence-electron chi connectivity index (χ1n) is 10.8. The Morgan fingerprint density at radius 1 is 1.21 bits per heavy atom. The Morgan fingerprint density at radius 2 is 1.94 bits per heavy atom. The lowest BCUT2D eigenvalue weighted by Gasteiger charge is -2.27. The number of carboxylic acid groups (broad SMARTS) is 1. The zero-order valence-corrected chi connectivity index (χ0v) is 19.4. The number of rotatable bonds is 9. The molecule has 0 radical (unpaired) electrons.